The van der Waals surface area contributed by atoms with Crippen LogP contribution in [-0.2, 0) is 20.4 Å². The molecule has 0 saturated carbocycles. The van der Waals surface area contributed by atoms with Gasteiger partial charge in [0.2, 0.25) is 0 Å². The molecule has 0 bridgehead atoms. The number of morpholine rings is 1. The van der Waals surface area contributed by atoms with Gasteiger partial charge >= 0.3 is 6.18 Å². The van der Waals surface area contributed by atoms with Gasteiger partial charge in [-0.25, -0.2) is 9.97 Å². The summed E-state index contributed by atoms with van der Waals surface area (Å²) in [7, 11) is 0. The number of hydrogen-bond acceptors (Lipinski definition) is 8. The van der Waals surface area contributed by atoms with Gasteiger partial charge in [-0.1, -0.05) is 12.1 Å². The Morgan fingerprint density at radius 3 is 2.58 bits per heavy atom. The van der Waals surface area contributed by atoms with E-state index in [4.69, 9.17) is 14.2 Å². The van der Waals surface area contributed by atoms with Crippen molar-refractivity contribution in [2.45, 2.75) is 82.0 Å². The van der Waals surface area contributed by atoms with E-state index in [2.05, 4.69) is 20.2 Å². The second-order valence-electron chi connectivity index (χ2n) is 12.0. The van der Waals surface area contributed by atoms with Crippen LogP contribution in [0.1, 0.15) is 71.8 Å². The van der Waals surface area contributed by atoms with Gasteiger partial charge in [0, 0.05) is 50.4 Å². The van der Waals surface area contributed by atoms with Crippen LogP contribution in [0.25, 0.3) is 0 Å². The van der Waals surface area contributed by atoms with Gasteiger partial charge in [0.05, 0.1) is 37.1 Å². The number of ether oxygens (including phenoxy) is 3. The van der Waals surface area contributed by atoms with Crippen molar-refractivity contribution in [1.82, 2.24) is 19.8 Å². The number of piperidine rings is 1. The highest BCUT2D eigenvalue weighted by Crippen LogP contribution is 2.35. The Morgan fingerprint density at radius 1 is 1.02 bits per heavy atom. The van der Waals surface area contributed by atoms with E-state index in [1.54, 1.807) is 0 Å². The number of anilines is 1. The van der Waals surface area contributed by atoms with E-state index >= 15 is 0 Å². The number of amides is 1. The van der Waals surface area contributed by atoms with E-state index in [-0.39, 0.29) is 24.2 Å². The Labute approximate surface area is 250 Å². The minimum atomic E-state index is -4.36. The highest BCUT2D eigenvalue weighted by molar-refractivity contribution is 5.94. The number of halogens is 3. The molecule has 4 aliphatic rings. The highest BCUT2D eigenvalue weighted by atomic mass is 19.4. The van der Waals surface area contributed by atoms with Crippen LogP contribution in [-0.4, -0.2) is 96.0 Å². The third-order valence-electron chi connectivity index (χ3n) is 9.34. The molecule has 234 valence electrons. The summed E-state index contributed by atoms with van der Waals surface area (Å²) in [6.45, 7) is 6.78. The summed E-state index contributed by atoms with van der Waals surface area (Å²) in [5.74, 6) is 0.510. The maximum Gasteiger partial charge on any atom is 0.416 e. The minimum Gasteiger partial charge on any atom is -0.379 e. The van der Waals surface area contributed by atoms with Crippen molar-refractivity contribution in [2.75, 3.05) is 51.3 Å². The number of rotatable bonds is 6. The number of carbonyl (C=O) groups excluding carboxylic acids is 1. The van der Waals surface area contributed by atoms with E-state index < -0.39 is 11.7 Å². The zero-order valence-corrected chi connectivity index (χ0v) is 24.5. The zero-order valence-electron chi connectivity index (χ0n) is 24.5. The summed E-state index contributed by atoms with van der Waals surface area (Å²) in [4.78, 5) is 26.8. The number of benzene rings is 1. The second kappa shape index (κ2) is 13.1. The van der Waals surface area contributed by atoms with E-state index in [0.717, 1.165) is 76.0 Å². The summed E-state index contributed by atoms with van der Waals surface area (Å²) in [5, 5.41) is 3.33. The molecule has 4 fully saturated rings. The predicted molar refractivity (Wildman–Crippen MR) is 153 cm³/mol. The molecule has 2 aromatic rings. The van der Waals surface area contributed by atoms with Crippen LogP contribution in [0.5, 0.6) is 0 Å². The average Bonchev–Trinajstić information content (AvgIpc) is 3.03. The lowest BCUT2D eigenvalue weighted by Gasteiger charge is -2.49. The molecular weight excluding hydrogens is 563 g/mol. The molecule has 1 aromatic heterocycles. The second-order valence-corrected chi connectivity index (χ2v) is 12.0. The third-order valence-corrected chi connectivity index (χ3v) is 9.34. The Balaban J connectivity index is 1.03. The summed E-state index contributed by atoms with van der Waals surface area (Å²) in [6.07, 6.45) is 2.12. The van der Waals surface area contributed by atoms with Crippen LogP contribution >= 0.6 is 0 Å². The maximum atomic E-state index is 13.5. The van der Waals surface area contributed by atoms with Gasteiger partial charge in [0.1, 0.15) is 17.8 Å². The number of alkyl halides is 3. The van der Waals surface area contributed by atoms with Gasteiger partial charge in [-0.05, 0) is 63.1 Å². The topological polar surface area (TPSA) is 89.0 Å². The van der Waals surface area contributed by atoms with E-state index in [9.17, 15) is 18.0 Å². The fraction of sp³-hybridized carbons (Fsp3) is 0.645. The molecule has 4 aliphatic heterocycles. The first-order chi connectivity index (χ1) is 20.8. The van der Waals surface area contributed by atoms with Crippen LogP contribution in [0.3, 0.4) is 0 Å². The van der Waals surface area contributed by atoms with Crippen molar-refractivity contribution >= 4 is 11.7 Å². The Hall–Kier alpha value is -2.80. The Morgan fingerprint density at radius 2 is 1.81 bits per heavy atom. The van der Waals surface area contributed by atoms with Crippen LogP contribution in [0.4, 0.5) is 19.0 Å². The lowest BCUT2D eigenvalue weighted by atomic mass is 9.95. The van der Waals surface area contributed by atoms with Gasteiger partial charge in [-0.15, -0.1) is 0 Å². The van der Waals surface area contributed by atoms with E-state index in [1.807, 2.05) is 11.8 Å². The van der Waals surface area contributed by atoms with Crippen LogP contribution in [0, 0.1) is 6.92 Å². The number of carbonyl (C=O) groups is 1. The number of fused-ring (bicyclic) bond motifs is 1. The molecule has 4 atom stereocenters. The van der Waals surface area contributed by atoms with Gasteiger partial charge < -0.3 is 24.4 Å². The molecule has 12 heteroatoms. The van der Waals surface area contributed by atoms with Crippen molar-refractivity contribution in [3.63, 3.8) is 0 Å². The molecule has 4 saturated heterocycles. The summed E-state index contributed by atoms with van der Waals surface area (Å²) >= 11 is 0. The normalized spacial score (nSPS) is 27.5. The number of hydrogen-bond donors (Lipinski definition) is 1. The maximum absolute atomic E-state index is 13.5. The number of nitrogens with one attached hydrogen (secondary N) is 1. The van der Waals surface area contributed by atoms with Crippen molar-refractivity contribution in [1.29, 1.82) is 0 Å². The zero-order chi connectivity index (χ0) is 30.0. The molecule has 1 aromatic carbocycles. The average molecular weight is 604 g/mol. The molecule has 2 unspecified atom stereocenters. The Bertz CT molecular complexity index is 1250. The van der Waals surface area contributed by atoms with Crippen molar-refractivity contribution in [3.05, 3.63) is 53.0 Å². The minimum absolute atomic E-state index is 0.0800. The van der Waals surface area contributed by atoms with Gasteiger partial charge in [-0.3, -0.25) is 9.69 Å². The van der Waals surface area contributed by atoms with Crippen LogP contribution < -0.4 is 5.32 Å². The Kier molecular flexibility index (Phi) is 9.18. The number of aromatic nitrogens is 2. The predicted octanol–water partition coefficient (Wildman–Crippen LogP) is 4.62. The fourth-order valence-corrected chi connectivity index (χ4v) is 6.95. The molecule has 1 amide bonds. The van der Waals surface area contributed by atoms with E-state index in [1.165, 1.54) is 18.5 Å². The molecule has 0 aliphatic carbocycles. The number of likely N-dealkylation sites (tertiary alicyclic amines) is 1. The summed E-state index contributed by atoms with van der Waals surface area (Å²) in [6, 6.07) is 6.05. The van der Waals surface area contributed by atoms with Crippen molar-refractivity contribution < 1.29 is 32.2 Å². The molecule has 43 heavy (non-hydrogen) atoms. The molecule has 5 heterocycles. The standard InChI is InChI=1S/C31H40F3N5O4/c1-20-28(30(40)38-12-9-23(10-13-38)39-14-16-42-27-18-41-15-11-25(27)39)36-19-37-29(20)35-17-24-3-2-4-26(43-24)21-5-7-22(8-6-21)31(32,33)34/h5-8,19,23-27H,2-4,9-18H2,1H3,(H,35,36,37)/t24-,25?,26+,27?/m1/s1. The lowest BCUT2D eigenvalue weighted by molar-refractivity contribution is -0.148. The first-order valence-corrected chi connectivity index (χ1v) is 15.4. The smallest absolute Gasteiger partial charge is 0.379 e. The quantitative estimate of drug-likeness (QED) is 0.512. The van der Waals surface area contributed by atoms with Crippen LogP contribution in [0.15, 0.2) is 30.6 Å². The van der Waals surface area contributed by atoms with Gasteiger partial charge in [-0.2, -0.15) is 13.2 Å². The van der Waals surface area contributed by atoms with E-state index in [0.29, 0.717) is 55.4 Å². The molecule has 1 N–H and O–H groups in total. The molecule has 9 nitrogen and oxygen atoms in total. The monoisotopic (exact) mass is 603 g/mol. The first-order valence-electron chi connectivity index (χ1n) is 15.4. The lowest BCUT2D eigenvalue weighted by Crippen LogP contribution is -2.60. The molecule has 0 radical (unpaired) electrons. The molecular formula is C31H40F3N5O4. The van der Waals surface area contributed by atoms with Crippen molar-refractivity contribution in [3.8, 4) is 0 Å². The SMILES string of the molecule is Cc1c(NC[C@H]2CCC[C@@H](c3ccc(C(F)(F)F)cc3)O2)ncnc1C(=O)N1CCC(N2CCOC3COCCC32)CC1. The summed E-state index contributed by atoms with van der Waals surface area (Å²) in [5.41, 5.74) is 1.18. The fourth-order valence-electron chi connectivity index (χ4n) is 6.95. The largest absolute Gasteiger partial charge is 0.416 e. The number of nitrogens with zero attached hydrogens (tertiary/aromatic N) is 4. The van der Waals surface area contributed by atoms with Crippen LogP contribution in [0.2, 0.25) is 0 Å². The molecule has 6 rings (SSSR count). The van der Waals surface area contributed by atoms with Crippen molar-refractivity contribution in [2.24, 2.45) is 0 Å². The third kappa shape index (κ3) is 6.82. The first kappa shape index (κ1) is 30.2. The highest BCUT2D eigenvalue weighted by Gasteiger charge is 2.40. The van der Waals surface area contributed by atoms with Gasteiger partial charge in [0.15, 0.2) is 0 Å². The molecule has 0 spiro atoms. The van der Waals surface area contributed by atoms with Gasteiger partial charge in [0.25, 0.3) is 5.91 Å². The summed E-state index contributed by atoms with van der Waals surface area (Å²) < 4.78 is 56.7.